The van der Waals surface area contributed by atoms with E-state index in [9.17, 15) is 8.42 Å². The molecule has 1 rings (SSSR count). The zero-order valence-corrected chi connectivity index (χ0v) is 13.9. The van der Waals surface area contributed by atoms with Crippen LogP contribution in [0.25, 0.3) is 0 Å². The van der Waals surface area contributed by atoms with Crippen molar-refractivity contribution in [3.63, 3.8) is 0 Å². The number of sulfonamides is 1. The van der Waals surface area contributed by atoms with E-state index >= 15 is 0 Å². The van der Waals surface area contributed by atoms with Gasteiger partial charge in [-0.05, 0) is 34.1 Å². The second kappa shape index (κ2) is 7.21. The molecular formula is C13H26N4O2S. The summed E-state index contributed by atoms with van der Waals surface area (Å²) in [4.78, 5) is 2.33. The van der Waals surface area contributed by atoms with Gasteiger partial charge in [0.25, 0.3) is 0 Å². The Kier molecular flexibility index (Phi) is 6.19. The molecule has 1 aromatic rings. The van der Waals surface area contributed by atoms with E-state index in [-0.39, 0.29) is 0 Å². The molecule has 116 valence electrons. The predicted molar refractivity (Wildman–Crippen MR) is 81.2 cm³/mol. The first-order valence-electron chi connectivity index (χ1n) is 6.77. The summed E-state index contributed by atoms with van der Waals surface area (Å²) in [6.07, 6.45) is 1.72. The molecule has 20 heavy (non-hydrogen) atoms. The highest BCUT2D eigenvalue weighted by molar-refractivity contribution is 7.89. The Labute approximate surface area is 122 Å². The van der Waals surface area contributed by atoms with E-state index in [2.05, 4.69) is 5.32 Å². The van der Waals surface area contributed by atoms with Gasteiger partial charge in [0, 0.05) is 45.1 Å². The van der Waals surface area contributed by atoms with Gasteiger partial charge in [-0.25, -0.2) is 8.42 Å². The molecule has 0 aliphatic rings. The van der Waals surface area contributed by atoms with E-state index in [0.29, 0.717) is 24.5 Å². The van der Waals surface area contributed by atoms with Gasteiger partial charge in [0.15, 0.2) is 0 Å². The molecule has 0 aliphatic heterocycles. The van der Waals surface area contributed by atoms with E-state index in [4.69, 9.17) is 0 Å². The summed E-state index contributed by atoms with van der Waals surface area (Å²) in [5, 5.41) is 3.06. The Morgan fingerprint density at radius 3 is 2.40 bits per heavy atom. The van der Waals surface area contributed by atoms with Crippen molar-refractivity contribution >= 4 is 10.0 Å². The normalized spacial score (nSPS) is 12.6. The summed E-state index contributed by atoms with van der Waals surface area (Å²) >= 11 is 0. The lowest BCUT2D eigenvalue weighted by Crippen LogP contribution is -2.33. The van der Waals surface area contributed by atoms with Crippen LogP contribution in [0.3, 0.4) is 0 Å². The average molecular weight is 302 g/mol. The van der Waals surface area contributed by atoms with Gasteiger partial charge in [-0.3, -0.25) is 0 Å². The molecule has 0 spiro atoms. The monoisotopic (exact) mass is 302 g/mol. The number of nitrogens with zero attached hydrogens (tertiary/aromatic N) is 3. The fraction of sp³-hybridized carbons (Fsp3) is 0.692. The molecule has 0 amide bonds. The smallest absolute Gasteiger partial charge is 0.244 e. The second-order valence-corrected chi connectivity index (χ2v) is 7.16. The highest BCUT2D eigenvalue weighted by Gasteiger charge is 2.23. The predicted octanol–water partition coefficient (Wildman–Crippen LogP) is 0.410. The Hall–Kier alpha value is -0.890. The number of hydrogen-bond acceptors (Lipinski definition) is 4. The highest BCUT2D eigenvalue weighted by Crippen LogP contribution is 2.18. The van der Waals surface area contributed by atoms with E-state index in [0.717, 1.165) is 12.2 Å². The van der Waals surface area contributed by atoms with E-state index < -0.39 is 10.0 Å². The molecular weight excluding hydrogens is 276 g/mol. The summed E-state index contributed by atoms with van der Waals surface area (Å²) < 4.78 is 28.4. The standard InChI is InChI=1S/C13H26N4O2S/c1-6-17-11-13(9-12(17)10-14-2)20(18,19)16(5)8-7-15(3)4/h9,11,14H,6-8,10H2,1-5H3. The van der Waals surface area contributed by atoms with Crippen LogP contribution in [0.15, 0.2) is 17.2 Å². The minimum Gasteiger partial charge on any atom is -0.349 e. The Bertz CT molecular complexity index is 522. The fourth-order valence-electron chi connectivity index (χ4n) is 1.93. The molecule has 0 bridgehead atoms. The molecule has 0 saturated carbocycles. The third kappa shape index (κ3) is 4.05. The lowest BCUT2D eigenvalue weighted by molar-refractivity contribution is 0.358. The molecule has 0 aromatic carbocycles. The van der Waals surface area contributed by atoms with Crippen LogP contribution in [0, 0.1) is 0 Å². The number of rotatable bonds is 8. The van der Waals surface area contributed by atoms with Gasteiger partial charge in [0.05, 0.1) is 0 Å². The minimum absolute atomic E-state index is 0.367. The van der Waals surface area contributed by atoms with Crippen molar-refractivity contribution < 1.29 is 8.42 Å². The van der Waals surface area contributed by atoms with Crippen LogP contribution in [0.5, 0.6) is 0 Å². The summed E-state index contributed by atoms with van der Waals surface area (Å²) in [5.41, 5.74) is 0.981. The number of nitrogens with one attached hydrogen (secondary N) is 1. The molecule has 0 atom stereocenters. The largest absolute Gasteiger partial charge is 0.349 e. The molecule has 0 unspecified atom stereocenters. The zero-order valence-electron chi connectivity index (χ0n) is 13.0. The van der Waals surface area contributed by atoms with Gasteiger partial charge in [0.1, 0.15) is 4.90 Å². The molecule has 1 aromatic heterocycles. The van der Waals surface area contributed by atoms with Gasteiger partial charge in [-0.1, -0.05) is 0 Å². The van der Waals surface area contributed by atoms with Crippen molar-refractivity contribution in [1.29, 1.82) is 0 Å². The second-order valence-electron chi connectivity index (χ2n) is 5.11. The summed E-state index contributed by atoms with van der Waals surface area (Å²) in [6.45, 7) is 4.60. The van der Waals surface area contributed by atoms with Crippen LogP contribution < -0.4 is 5.32 Å². The summed E-state index contributed by atoms with van der Waals surface area (Å²) in [7, 11) is 3.93. The topological polar surface area (TPSA) is 57.6 Å². The molecule has 7 heteroatoms. The third-order valence-electron chi connectivity index (χ3n) is 3.23. The molecule has 0 radical (unpaired) electrons. The van der Waals surface area contributed by atoms with Crippen LogP contribution in [-0.4, -0.2) is 63.5 Å². The quantitative estimate of drug-likeness (QED) is 0.756. The maximum Gasteiger partial charge on any atom is 0.244 e. The van der Waals surface area contributed by atoms with Crippen LogP contribution in [0.2, 0.25) is 0 Å². The average Bonchev–Trinajstić information content (AvgIpc) is 2.80. The number of likely N-dealkylation sites (N-methyl/N-ethyl adjacent to an activating group) is 2. The van der Waals surface area contributed by atoms with Crippen LogP contribution in [0.4, 0.5) is 0 Å². The van der Waals surface area contributed by atoms with E-state index in [1.165, 1.54) is 4.31 Å². The number of aryl methyl sites for hydroxylation is 1. The van der Waals surface area contributed by atoms with Gasteiger partial charge in [-0.2, -0.15) is 4.31 Å². The van der Waals surface area contributed by atoms with Crippen molar-refractivity contribution in [3.8, 4) is 0 Å². The number of aromatic nitrogens is 1. The van der Waals surface area contributed by atoms with Crippen molar-refractivity contribution in [3.05, 3.63) is 18.0 Å². The van der Waals surface area contributed by atoms with Crippen LogP contribution in [-0.2, 0) is 23.1 Å². The lowest BCUT2D eigenvalue weighted by atomic mass is 10.4. The van der Waals surface area contributed by atoms with Crippen molar-refractivity contribution in [1.82, 2.24) is 19.1 Å². The molecule has 1 heterocycles. The van der Waals surface area contributed by atoms with Gasteiger partial charge >= 0.3 is 0 Å². The lowest BCUT2D eigenvalue weighted by Gasteiger charge is -2.18. The van der Waals surface area contributed by atoms with Crippen LogP contribution in [0.1, 0.15) is 12.6 Å². The van der Waals surface area contributed by atoms with Crippen molar-refractivity contribution in [2.24, 2.45) is 0 Å². The molecule has 0 aliphatic carbocycles. The Morgan fingerprint density at radius 1 is 1.25 bits per heavy atom. The van der Waals surface area contributed by atoms with Crippen LogP contribution >= 0.6 is 0 Å². The Morgan fingerprint density at radius 2 is 1.90 bits per heavy atom. The molecule has 0 fully saturated rings. The maximum absolute atomic E-state index is 12.5. The van der Waals surface area contributed by atoms with Gasteiger partial charge in [-0.15, -0.1) is 0 Å². The highest BCUT2D eigenvalue weighted by atomic mass is 32.2. The van der Waals surface area contributed by atoms with E-state index in [1.807, 2.05) is 37.5 Å². The fourth-order valence-corrected chi connectivity index (χ4v) is 3.16. The molecule has 1 N–H and O–H groups in total. The summed E-state index contributed by atoms with van der Waals surface area (Å²) in [5.74, 6) is 0. The van der Waals surface area contributed by atoms with Crippen molar-refractivity contribution in [2.45, 2.75) is 24.9 Å². The van der Waals surface area contributed by atoms with Gasteiger partial charge in [0.2, 0.25) is 10.0 Å². The SMILES string of the molecule is CCn1cc(S(=O)(=O)N(C)CCN(C)C)cc1CNC. The minimum atomic E-state index is -3.41. The molecule has 0 saturated heterocycles. The van der Waals surface area contributed by atoms with Crippen molar-refractivity contribution in [2.75, 3.05) is 41.3 Å². The van der Waals surface area contributed by atoms with E-state index in [1.54, 1.807) is 19.3 Å². The maximum atomic E-state index is 12.5. The first-order chi connectivity index (χ1) is 9.32. The summed E-state index contributed by atoms with van der Waals surface area (Å²) in [6, 6.07) is 1.75. The third-order valence-corrected chi connectivity index (χ3v) is 5.05. The first-order valence-corrected chi connectivity index (χ1v) is 8.21. The zero-order chi connectivity index (χ0) is 15.3. The first kappa shape index (κ1) is 17.2. The Balaban J connectivity index is 2.97. The number of hydrogen-bond donors (Lipinski definition) is 1. The van der Waals surface area contributed by atoms with Gasteiger partial charge < -0.3 is 14.8 Å². The molecule has 6 nitrogen and oxygen atoms in total.